The number of hydrogen-bond acceptors (Lipinski definition) is 15. The first-order chi connectivity index (χ1) is 34.3. The van der Waals surface area contributed by atoms with Crippen molar-refractivity contribution in [2.24, 2.45) is 0 Å². The second-order valence-corrected chi connectivity index (χ2v) is 18.0. The molecule has 0 aliphatic carbocycles. The molecule has 71 heavy (non-hydrogen) atoms. The zero-order chi connectivity index (χ0) is 49.8. The van der Waals surface area contributed by atoms with E-state index in [-0.39, 0.29) is 76.1 Å². The fourth-order valence-electron chi connectivity index (χ4n) is 9.13. The molecule has 22 heteroatoms. The third kappa shape index (κ3) is 10.9. The minimum atomic E-state index is -1.51. The first-order valence-electron chi connectivity index (χ1n) is 23.2. The number of carbonyl (C=O) groups is 7. The third-order valence-electron chi connectivity index (χ3n) is 13.0. The van der Waals surface area contributed by atoms with Crippen molar-refractivity contribution in [3.8, 4) is 17.0 Å². The number of aromatic nitrogens is 4. The second-order valence-electron chi connectivity index (χ2n) is 17.6. The number of esters is 1. The van der Waals surface area contributed by atoms with E-state index in [0.717, 1.165) is 63.4 Å². The lowest BCUT2D eigenvalue weighted by atomic mass is 10.0. The van der Waals surface area contributed by atoms with Crippen molar-refractivity contribution in [3.63, 3.8) is 0 Å². The molecule has 3 fully saturated rings. The Balaban J connectivity index is 0.706. The van der Waals surface area contributed by atoms with Gasteiger partial charge in [-0.2, -0.15) is 5.10 Å². The number of anilines is 2. The van der Waals surface area contributed by atoms with E-state index in [9.17, 15) is 38.0 Å². The lowest BCUT2D eigenvalue weighted by molar-refractivity contribution is -0.136. The van der Waals surface area contributed by atoms with Crippen LogP contribution in [0.25, 0.3) is 11.3 Å². The number of fused-ring (bicyclic) bond motifs is 1. The van der Waals surface area contributed by atoms with Crippen LogP contribution >= 0.6 is 11.6 Å². The number of likely N-dealkylation sites (tertiary alicyclic amines) is 1. The van der Waals surface area contributed by atoms with Gasteiger partial charge in [0.05, 0.1) is 35.3 Å². The number of halogens is 2. The van der Waals surface area contributed by atoms with E-state index < -0.39 is 53.5 Å². The van der Waals surface area contributed by atoms with E-state index in [1.807, 2.05) is 10.9 Å². The maximum absolute atomic E-state index is 13.6. The van der Waals surface area contributed by atoms with Gasteiger partial charge in [-0.05, 0) is 87.3 Å². The van der Waals surface area contributed by atoms with Crippen molar-refractivity contribution >= 4 is 64.5 Å². The van der Waals surface area contributed by atoms with Crippen LogP contribution in [-0.4, -0.2) is 146 Å². The van der Waals surface area contributed by atoms with Crippen LogP contribution in [0.4, 0.5) is 15.9 Å². The maximum Gasteiger partial charge on any atom is 0.361 e. The molecule has 3 aromatic carbocycles. The van der Waals surface area contributed by atoms with Gasteiger partial charge in [0.25, 0.3) is 23.6 Å². The molecule has 2 aromatic heterocycles. The van der Waals surface area contributed by atoms with Crippen LogP contribution in [0.2, 0.25) is 5.02 Å². The Bertz CT molecular complexity index is 2880. The van der Waals surface area contributed by atoms with Crippen molar-refractivity contribution in [1.82, 2.24) is 44.7 Å². The molecule has 368 valence electrons. The van der Waals surface area contributed by atoms with Crippen LogP contribution in [0.1, 0.15) is 81.0 Å². The van der Waals surface area contributed by atoms with Crippen molar-refractivity contribution in [2.45, 2.75) is 50.3 Å². The Morgan fingerprint density at radius 2 is 1.59 bits per heavy atom. The molecule has 2 atom stereocenters. The van der Waals surface area contributed by atoms with Crippen LogP contribution in [0.3, 0.4) is 0 Å². The first kappa shape index (κ1) is 48.4. The van der Waals surface area contributed by atoms with Gasteiger partial charge >= 0.3 is 5.97 Å². The van der Waals surface area contributed by atoms with Gasteiger partial charge in [0.15, 0.2) is 18.1 Å². The smallest absolute Gasteiger partial charge is 0.361 e. The Kier molecular flexibility index (Phi) is 14.4. The molecule has 20 nitrogen and oxygen atoms in total. The Morgan fingerprint density at radius 1 is 0.873 bits per heavy atom. The highest BCUT2D eigenvalue weighted by Gasteiger charge is 2.45. The Morgan fingerprint density at radius 3 is 2.32 bits per heavy atom. The van der Waals surface area contributed by atoms with Gasteiger partial charge in [-0.15, -0.1) is 0 Å². The van der Waals surface area contributed by atoms with Crippen LogP contribution in [0.5, 0.6) is 5.75 Å². The fourth-order valence-corrected chi connectivity index (χ4v) is 9.36. The van der Waals surface area contributed by atoms with Gasteiger partial charge < -0.3 is 30.3 Å². The SMILES string of the molecule is Nc1ncc(-c2cnn(C3CCN(CCCN4CCN(C(=O)COc5ccc6c(c5)C(=O)N(C5CCC(=O)NC5=O)C6=O)CC4)CC3)c2)nc1C(=O)O[C@@H](C(=O)Nc1ccc(F)cc1)c1ccccc1Cl. The number of nitrogens with two attached hydrogens (primary N) is 1. The minimum Gasteiger partial charge on any atom is -0.484 e. The van der Waals surface area contributed by atoms with Crippen molar-refractivity contribution in [3.05, 3.63) is 119 Å². The van der Waals surface area contributed by atoms with Crippen molar-refractivity contribution < 1.29 is 47.4 Å². The summed E-state index contributed by atoms with van der Waals surface area (Å²) >= 11 is 6.42. The van der Waals surface area contributed by atoms with E-state index in [0.29, 0.717) is 24.3 Å². The average Bonchev–Trinajstić information content (AvgIpc) is 3.96. The summed E-state index contributed by atoms with van der Waals surface area (Å²) in [6, 6.07) is 15.0. The van der Waals surface area contributed by atoms with Crippen molar-refractivity contribution in [2.75, 3.05) is 70.0 Å². The molecule has 0 saturated carbocycles. The highest BCUT2D eigenvalue weighted by atomic mass is 35.5. The molecule has 4 aliphatic heterocycles. The molecular formula is C49H49ClFN11O9. The lowest BCUT2D eigenvalue weighted by Crippen LogP contribution is -2.54. The van der Waals surface area contributed by atoms with Gasteiger partial charge in [-0.3, -0.25) is 48.6 Å². The number of rotatable bonds is 15. The molecule has 6 amide bonds. The summed E-state index contributed by atoms with van der Waals surface area (Å²) in [5, 5.41) is 9.60. The zero-order valence-electron chi connectivity index (χ0n) is 38.3. The summed E-state index contributed by atoms with van der Waals surface area (Å²) in [5.74, 6) is -4.76. The van der Waals surface area contributed by atoms with Crippen molar-refractivity contribution in [1.29, 1.82) is 0 Å². The molecule has 4 aliphatic rings. The first-order valence-corrected chi connectivity index (χ1v) is 23.6. The number of nitrogens with one attached hydrogen (secondary N) is 2. The molecule has 1 unspecified atom stereocenters. The molecule has 5 aromatic rings. The molecule has 3 saturated heterocycles. The Hall–Kier alpha value is -7.62. The number of amides is 6. The summed E-state index contributed by atoms with van der Waals surface area (Å²) in [5.41, 5.74) is 7.46. The quantitative estimate of drug-likeness (QED) is 0.0995. The minimum absolute atomic E-state index is 0.0243. The summed E-state index contributed by atoms with van der Waals surface area (Å²) in [4.78, 5) is 106. The lowest BCUT2D eigenvalue weighted by Gasteiger charge is -2.36. The van der Waals surface area contributed by atoms with E-state index in [4.69, 9.17) is 26.8 Å². The molecular weight excluding hydrogens is 941 g/mol. The number of carbonyl (C=O) groups excluding carboxylic acids is 7. The van der Waals surface area contributed by atoms with Gasteiger partial charge in [0.2, 0.25) is 17.9 Å². The number of ether oxygens (including phenoxy) is 2. The number of piperidine rings is 2. The predicted molar refractivity (Wildman–Crippen MR) is 253 cm³/mol. The highest BCUT2D eigenvalue weighted by Crippen LogP contribution is 2.32. The fraction of sp³-hybridized carbons (Fsp3) is 0.347. The van der Waals surface area contributed by atoms with Crippen LogP contribution < -0.4 is 21.1 Å². The molecule has 4 N–H and O–H groups in total. The largest absolute Gasteiger partial charge is 0.484 e. The standard InChI is InChI=1S/C49H49ClFN11O9/c50-37-5-2-1-4-35(37)43(46(66)55-31-8-6-30(51)7-9-31)71-49(69)42-44(52)53-26-38(56-42)29-25-54-61(27-29)32-14-18-58(19-15-32)16-3-17-59-20-22-60(23-21-59)41(64)28-70-33-10-11-34-36(24-33)48(68)62(47(34)67)39-12-13-40(63)57-45(39)65/h1-2,4-11,24-27,32,39,43H,3,12-23,28H2,(H2,52,53)(H,55,66)(H,57,63,65)/t39?,43-/m1/s1. The summed E-state index contributed by atoms with van der Waals surface area (Å²) < 4.78 is 26.9. The molecule has 0 spiro atoms. The number of hydrogen-bond donors (Lipinski definition) is 3. The summed E-state index contributed by atoms with van der Waals surface area (Å²) in [6.07, 6.45) is 6.22. The Labute approximate surface area is 411 Å². The van der Waals surface area contributed by atoms with E-state index in [1.165, 1.54) is 48.7 Å². The van der Waals surface area contributed by atoms with Gasteiger partial charge in [-0.1, -0.05) is 29.8 Å². The highest BCUT2D eigenvalue weighted by molar-refractivity contribution is 6.31. The third-order valence-corrected chi connectivity index (χ3v) is 13.4. The topological polar surface area (TPSA) is 245 Å². The molecule has 0 radical (unpaired) electrons. The monoisotopic (exact) mass is 989 g/mol. The normalized spacial score (nSPS) is 18.3. The average molecular weight is 990 g/mol. The van der Waals surface area contributed by atoms with Crippen LogP contribution in [-0.2, 0) is 23.9 Å². The number of piperazine rings is 1. The van der Waals surface area contributed by atoms with Gasteiger partial charge in [-0.25, -0.2) is 19.2 Å². The number of benzene rings is 3. The number of nitrogen functional groups attached to an aromatic ring is 1. The molecule has 9 rings (SSSR count). The van der Waals surface area contributed by atoms with Crippen LogP contribution in [0.15, 0.2) is 85.3 Å². The summed E-state index contributed by atoms with van der Waals surface area (Å²) in [7, 11) is 0. The van der Waals surface area contributed by atoms with Gasteiger partial charge in [0.1, 0.15) is 17.6 Å². The number of nitrogens with zero attached hydrogens (tertiary/aromatic N) is 8. The number of imide groups is 2. The zero-order valence-corrected chi connectivity index (χ0v) is 39.1. The summed E-state index contributed by atoms with van der Waals surface area (Å²) in [6.45, 7) is 5.89. The van der Waals surface area contributed by atoms with Gasteiger partial charge in [0, 0.05) is 73.7 Å². The van der Waals surface area contributed by atoms with E-state index >= 15 is 0 Å². The predicted octanol–water partition coefficient (Wildman–Crippen LogP) is 3.90. The second kappa shape index (κ2) is 21.2. The van der Waals surface area contributed by atoms with E-state index in [1.54, 1.807) is 35.4 Å². The van der Waals surface area contributed by atoms with Crippen LogP contribution in [0, 0.1) is 5.82 Å². The maximum atomic E-state index is 13.6. The molecule has 6 heterocycles. The molecule has 0 bridgehead atoms. The van der Waals surface area contributed by atoms with E-state index in [2.05, 4.69) is 35.5 Å².